The summed E-state index contributed by atoms with van der Waals surface area (Å²) < 4.78 is 34.8. The van der Waals surface area contributed by atoms with E-state index in [4.69, 9.17) is 4.74 Å². The molecule has 0 atom stereocenters. The van der Waals surface area contributed by atoms with Crippen molar-refractivity contribution in [1.29, 1.82) is 0 Å². The molecule has 1 rings (SSSR count). The molecule has 0 saturated heterocycles. The Labute approximate surface area is 148 Å². The highest BCUT2D eigenvalue weighted by molar-refractivity contribution is 5.79. The van der Waals surface area contributed by atoms with E-state index in [-0.39, 0.29) is 17.8 Å². The van der Waals surface area contributed by atoms with Gasteiger partial charge in [0, 0.05) is 31.2 Å². The van der Waals surface area contributed by atoms with Crippen LogP contribution in [0.5, 0.6) is 11.5 Å². The van der Waals surface area contributed by atoms with E-state index in [1.54, 1.807) is 19.2 Å². The van der Waals surface area contributed by atoms with Crippen LogP contribution < -0.4 is 20.1 Å². The predicted octanol–water partition coefficient (Wildman–Crippen LogP) is 2.30. The van der Waals surface area contributed by atoms with Crippen molar-refractivity contribution in [3.63, 3.8) is 0 Å². The third kappa shape index (κ3) is 6.74. The Balaban J connectivity index is 2.77. The van der Waals surface area contributed by atoms with Gasteiger partial charge in [0.15, 0.2) is 5.96 Å². The molecule has 0 aliphatic heterocycles. The molecule has 1 aromatic carbocycles. The Hall–Kier alpha value is -2.09. The lowest BCUT2D eigenvalue weighted by Gasteiger charge is -2.33. The number of ether oxygens (including phenoxy) is 2. The van der Waals surface area contributed by atoms with Crippen molar-refractivity contribution in [2.75, 3.05) is 34.8 Å². The zero-order valence-corrected chi connectivity index (χ0v) is 15.7. The average Bonchev–Trinajstić information content (AvgIpc) is 2.55. The zero-order valence-electron chi connectivity index (χ0n) is 15.7. The van der Waals surface area contributed by atoms with Gasteiger partial charge >= 0.3 is 6.61 Å². The van der Waals surface area contributed by atoms with Crippen molar-refractivity contribution in [2.24, 2.45) is 4.99 Å². The van der Waals surface area contributed by atoms with Gasteiger partial charge in [-0.2, -0.15) is 8.78 Å². The van der Waals surface area contributed by atoms with E-state index in [2.05, 4.69) is 39.1 Å². The van der Waals surface area contributed by atoms with Crippen LogP contribution in [0.15, 0.2) is 23.2 Å². The molecule has 0 amide bonds. The molecule has 0 saturated carbocycles. The van der Waals surface area contributed by atoms with Crippen molar-refractivity contribution < 1.29 is 18.3 Å². The monoisotopic (exact) mass is 358 g/mol. The topological polar surface area (TPSA) is 58.1 Å². The summed E-state index contributed by atoms with van der Waals surface area (Å²) in [5.74, 6) is 1.24. The molecule has 0 bridgehead atoms. The van der Waals surface area contributed by atoms with Gasteiger partial charge in [-0.25, -0.2) is 0 Å². The number of alkyl halides is 2. The largest absolute Gasteiger partial charge is 0.497 e. The molecule has 0 fully saturated rings. The molecule has 0 heterocycles. The van der Waals surface area contributed by atoms with E-state index < -0.39 is 6.61 Å². The van der Waals surface area contributed by atoms with Gasteiger partial charge in [0.1, 0.15) is 11.5 Å². The number of nitrogens with zero attached hydrogens (tertiary/aromatic N) is 2. The van der Waals surface area contributed by atoms with E-state index in [9.17, 15) is 8.78 Å². The number of hydrogen-bond donors (Lipinski definition) is 2. The Morgan fingerprint density at radius 1 is 1.28 bits per heavy atom. The van der Waals surface area contributed by atoms with Crippen molar-refractivity contribution in [1.82, 2.24) is 15.5 Å². The van der Waals surface area contributed by atoms with Gasteiger partial charge in [-0.15, -0.1) is 0 Å². The Morgan fingerprint density at radius 3 is 2.48 bits per heavy atom. The third-order valence-corrected chi connectivity index (χ3v) is 4.05. The molecule has 1 aromatic rings. The molecular formula is C17H28F2N4O2. The fraction of sp³-hybridized carbons (Fsp3) is 0.588. The second-order valence-corrected chi connectivity index (χ2v) is 6.34. The maximum Gasteiger partial charge on any atom is 0.387 e. The number of hydrogen-bond acceptors (Lipinski definition) is 4. The first-order chi connectivity index (χ1) is 11.7. The number of likely N-dealkylation sites (N-methyl/N-ethyl adjacent to an activating group) is 1. The molecule has 6 nitrogen and oxygen atoms in total. The van der Waals surface area contributed by atoms with Gasteiger partial charge in [-0.1, -0.05) is 0 Å². The maximum atomic E-state index is 12.6. The Bertz CT molecular complexity index is 578. The van der Waals surface area contributed by atoms with Crippen LogP contribution in [-0.4, -0.2) is 57.8 Å². The molecule has 0 aliphatic carbocycles. The van der Waals surface area contributed by atoms with Gasteiger partial charge in [-0.3, -0.25) is 4.99 Å². The van der Waals surface area contributed by atoms with Crippen LogP contribution in [0.2, 0.25) is 0 Å². The van der Waals surface area contributed by atoms with Gasteiger partial charge in [0.05, 0.1) is 7.11 Å². The van der Waals surface area contributed by atoms with Crippen LogP contribution in [0.1, 0.15) is 19.4 Å². The summed E-state index contributed by atoms with van der Waals surface area (Å²) in [4.78, 5) is 6.26. The van der Waals surface area contributed by atoms with Gasteiger partial charge < -0.3 is 25.0 Å². The van der Waals surface area contributed by atoms with Crippen LogP contribution in [0.4, 0.5) is 8.78 Å². The highest BCUT2D eigenvalue weighted by Crippen LogP contribution is 2.25. The van der Waals surface area contributed by atoms with E-state index in [1.165, 1.54) is 13.2 Å². The number of aliphatic imine (C=N–C) groups is 1. The zero-order chi connectivity index (χ0) is 19.0. The van der Waals surface area contributed by atoms with Crippen molar-refractivity contribution in [3.8, 4) is 11.5 Å². The molecule has 0 radical (unpaired) electrons. The third-order valence-electron chi connectivity index (χ3n) is 4.05. The second-order valence-electron chi connectivity index (χ2n) is 6.34. The summed E-state index contributed by atoms with van der Waals surface area (Å²) in [7, 11) is 7.17. The predicted molar refractivity (Wildman–Crippen MR) is 95.6 cm³/mol. The molecular weight excluding hydrogens is 330 g/mol. The highest BCUT2D eigenvalue weighted by Gasteiger charge is 2.20. The SMILES string of the molecule is CN=C(NCc1cc(OC)ccc1OC(F)F)NCC(C)(C)N(C)C. The lowest BCUT2D eigenvalue weighted by atomic mass is 10.0. The van der Waals surface area contributed by atoms with Crippen molar-refractivity contribution in [2.45, 2.75) is 32.5 Å². The average molecular weight is 358 g/mol. The maximum absolute atomic E-state index is 12.6. The fourth-order valence-corrected chi connectivity index (χ4v) is 1.89. The van der Waals surface area contributed by atoms with Gasteiger partial charge in [-0.05, 0) is 46.1 Å². The molecule has 8 heteroatoms. The summed E-state index contributed by atoms with van der Waals surface area (Å²) in [6.07, 6.45) is 0. The number of rotatable bonds is 8. The standard InChI is InChI=1S/C17H28F2N4O2/c1-17(2,23(4)5)11-22-16(20-3)21-10-12-9-13(24-6)7-8-14(12)25-15(18)19/h7-9,15H,10-11H2,1-6H3,(H2,20,21,22). The lowest BCUT2D eigenvalue weighted by molar-refractivity contribution is -0.0504. The van der Waals surface area contributed by atoms with Crippen LogP contribution >= 0.6 is 0 Å². The minimum Gasteiger partial charge on any atom is -0.497 e. The number of methoxy groups -OCH3 is 1. The van der Waals surface area contributed by atoms with Crippen LogP contribution in [0.3, 0.4) is 0 Å². The Kier molecular flexibility index (Phi) is 7.89. The highest BCUT2D eigenvalue weighted by atomic mass is 19.3. The molecule has 25 heavy (non-hydrogen) atoms. The molecule has 142 valence electrons. The van der Waals surface area contributed by atoms with E-state index in [1.807, 2.05) is 14.1 Å². The summed E-state index contributed by atoms with van der Waals surface area (Å²) in [6.45, 7) is 2.25. The van der Waals surface area contributed by atoms with Crippen molar-refractivity contribution >= 4 is 5.96 Å². The van der Waals surface area contributed by atoms with E-state index in [0.717, 1.165) is 0 Å². The normalized spacial score (nSPS) is 12.5. The molecule has 0 aliphatic rings. The number of guanidine groups is 1. The first-order valence-corrected chi connectivity index (χ1v) is 7.93. The Morgan fingerprint density at radius 2 is 1.96 bits per heavy atom. The second kappa shape index (κ2) is 9.41. The van der Waals surface area contributed by atoms with Gasteiger partial charge in [0.2, 0.25) is 0 Å². The van der Waals surface area contributed by atoms with Crippen LogP contribution in [-0.2, 0) is 6.54 Å². The molecule has 0 unspecified atom stereocenters. The summed E-state index contributed by atoms with van der Waals surface area (Å²) in [6, 6.07) is 4.70. The van der Waals surface area contributed by atoms with Crippen LogP contribution in [0, 0.1) is 0 Å². The smallest absolute Gasteiger partial charge is 0.387 e. The number of nitrogens with one attached hydrogen (secondary N) is 2. The first kappa shape index (κ1) is 21.0. The molecule has 0 spiro atoms. The number of benzene rings is 1. The van der Waals surface area contributed by atoms with E-state index >= 15 is 0 Å². The quantitative estimate of drug-likeness (QED) is 0.552. The molecule has 0 aromatic heterocycles. The molecule has 2 N–H and O–H groups in total. The number of halogens is 2. The van der Waals surface area contributed by atoms with Crippen LogP contribution in [0.25, 0.3) is 0 Å². The summed E-state index contributed by atoms with van der Waals surface area (Å²) >= 11 is 0. The lowest BCUT2D eigenvalue weighted by Crippen LogP contribution is -2.50. The van der Waals surface area contributed by atoms with Crippen molar-refractivity contribution in [3.05, 3.63) is 23.8 Å². The first-order valence-electron chi connectivity index (χ1n) is 7.93. The van der Waals surface area contributed by atoms with Gasteiger partial charge in [0.25, 0.3) is 0 Å². The van der Waals surface area contributed by atoms with E-state index in [0.29, 0.717) is 23.8 Å². The minimum absolute atomic E-state index is 0.0719. The minimum atomic E-state index is -2.88. The summed E-state index contributed by atoms with van der Waals surface area (Å²) in [5.41, 5.74) is 0.479. The fourth-order valence-electron chi connectivity index (χ4n) is 1.89. The summed E-state index contributed by atoms with van der Waals surface area (Å²) in [5, 5.41) is 6.33.